The molecule has 0 unspecified atom stereocenters. The first-order valence-corrected chi connectivity index (χ1v) is 6.16. The molecule has 0 bridgehead atoms. The van der Waals surface area contributed by atoms with E-state index < -0.39 is 5.60 Å². The number of rotatable bonds is 4. The van der Waals surface area contributed by atoms with E-state index in [1.165, 1.54) is 0 Å². The molecule has 0 saturated carbocycles. The van der Waals surface area contributed by atoms with E-state index >= 15 is 0 Å². The number of carbonyl (C=O) groups excluding carboxylic acids is 1. The van der Waals surface area contributed by atoms with Gasteiger partial charge in [0, 0.05) is 25.2 Å². The Balaban J connectivity index is 2.07. The third-order valence-corrected chi connectivity index (χ3v) is 2.97. The van der Waals surface area contributed by atoms with Crippen LogP contribution >= 0.6 is 0 Å². The van der Waals surface area contributed by atoms with Gasteiger partial charge in [0.1, 0.15) is 0 Å². The van der Waals surface area contributed by atoms with E-state index in [9.17, 15) is 9.90 Å². The van der Waals surface area contributed by atoms with Crippen LogP contribution in [-0.2, 0) is 13.1 Å². The maximum Gasteiger partial charge on any atom is 0.251 e. The van der Waals surface area contributed by atoms with Crippen molar-refractivity contribution in [1.29, 1.82) is 0 Å². The Bertz CT molecular complexity index is 463. The molecule has 4 heteroatoms. The molecule has 0 atom stereocenters. The molecule has 4 nitrogen and oxygen atoms in total. The van der Waals surface area contributed by atoms with Gasteiger partial charge in [-0.05, 0) is 38.1 Å². The lowest BCUT2D eigenvalue weighted by Crippen LogP contribution is -2.35. The molecular formula is C14H20N2O2. The molecule has 0 fully saturated rings. The molecule has 2 N–H and O–H groups in total. The molecule has 1 amide bonds. The predicted octanol–water partition coefficient (Wildman–Crippen LogP) is 1.13. The van der Waals surface area contributed by atoms with Crippen LogP contribution in [0.1, 0.15) is 35.3 Å². The fourth-order valence-corrected chi connectivity index (χ4v) is 2.39. The Hall–Kier alpha value is -1.39. The zero-order valence-corrected chi connectivity index (χ0v) is 11.2. The number of amides is 1. The van der Waals surface area contributed by atoms with Crippen LogP contribution in [0.4, 0.5) is 0 Å². The van der Waals surface area contributed by atoms with E-state index in [0.29, 0.717) is 13.1 Å². The summed E-state index contributed by atoms with van der Waals surface area (Å²) >= 11 is 0. The van der Waals surface area contributed by atoms with Crippen molar-refractivity contribution < 1.29 is 9.90 Å². The number of likely N-dealkylation sites (N-methyl/N-ethyl adjacent to an activating group) is 1. The van der Waals surface area contributed by atoms with Gasteiger partial charge in [-0.15, -0.1) is 0 Å². The molecule has 1 heterocycles. The minimum Gasteiger partial charge on any atom is -0.389 e. The van der Waals surface area contributed by atoms with Crippen LogP contribution in [-0.4, -0.2) is 35.1 Å². The summed E-state index contributed by atoms with van der Waals surface area (Å²) < 4.78 is 0. The molecule has 1 aromatic rings. The van der Waals surface area contributed by atoms with Crippen LogP contribution in [0.5, 0.6) is 0 Å². The van der Waals surface area contributed by atoms with Crippen molar-refractivity contribution in [2.45, 2.75) is 32.5 Å². The topological polar surface area (TPSA) is 52.6 Å². The van der Waals surface area contributed by atoms with E-state index in [1.807, 2.05) is 25.2 Å². The molecule has 0 saturated heterocycles. The monoisotopic (exact) mass is 248 g/mol. The Kier molecular flexibility index (Phi) is 3.41. The standard InChI is InChI=1S/C14H20N2O2/c1-14(2,18)9-16(3)8-10-4-5-11-7-15-13(17)12(11)6-10/h4-6,18H,7-9H2,1-3H3,(H,15,17). The van der Waals surface area contributed by atoms with Gasteiger partial charge < -0.3 is 10.4 Å². The summed E-state index contributed by atoms with van der Waals surface area (Å²) in [5, 5.41) is 12.6. The fourth-order valence-electron chi connectivity index (χ4n) is 2.39. The molecule has 0 radical (unpaired) electrons. The van der Waals surface area contributed by atoms with Crippen molar-refractivity contribution in [1.82, 2.24) is 10.2 Å². The van der Waals surface area contributed by atoms with E-state index in [0.717, 1.165) is 23.2 Å². The van der Waals surface area contributed by atoms with Gasteiger partial charge in [-0.25, -0.2) is 0 Å². The van der Waals surface area contributed by atoms with Crippen LogP contribution in [0.15, 0.2) is 18.2 Å². The highest BCUT2D eigenvalue weighted by molar-refractivity contribution is 5.98. The van der Waals surface area contributed by atoms with E-state index in [-0.39, 0.29) is 5.91 Å². The average molecular weight is 248 g/mol. The van der Waals surface area contributed by atoms with Crippen LogP contribution < -0.4 is 5.32 Å². The Morgan fingerprint density at radius 1 is 1.44 bits per heavy atom. The summed E-state index contributed by atoms with van der Waals surface area (Å²) in [6.45, 7) is 5.54. The summed E-state index contributed by atoms with van der Waals surface area (Å²) in [5.74, 6) is 0.0111. The van der Waals surface area contributed by atoms with Crippen LogP contribution in [0.25, 0.3) is 0 Å². The van der Waals surface area contributed by atoms with Crippen molar-refractivity contribution in [3.8, 4) is 0 Å². The van der Waals surface area contributed by atoms with Gasteiger partial charge in [-0.2, -0.15) is 0 Å². The number of hydrogen-bond donors (Lipinski definition) is 2. The van der Waals surface area contributed by atoms with Gasteiger partial charge in [0.25, 0.3) is 5.91 Å². The molecule has 0 spiro atoms. The van der Waals surface area contributed by atoms with Gasteiger partial charge in [0.2, 0.25) is 0 Å². The molecule has 0 aromatic heterocycles. The minimum absolute atomic E-state index is 0.0111. The number of carbonyl (C=O) groups is 1. The molecular weight excluding hydrogens is 228 g/mol. The highest BCUT2D eigenvalue weighted by Crippen LogP contribution is 2.18. The highest BCUT2D eigenvalue weighted by atomic mass is 16.3. The van der Waals surface area contributed by atoms with E-state index in [1.54, 1.807) is 13.8 Å². The van der Waals surface area contributed by atoms with Crippen molar-refractivity contribution in [2.75, 3.05) is 13.6 Å². The third-order valence-electron chi connectivity index (χ3n) is 2.97. The number of benzene rings is 1. The Morgan fingerprint density at radius 2 is 2.17 bits per heavy atom. The van der Waals surface area contributed by atoms with Gasteiger partial charge in [0.05, 0.1) is 5.60 Å². The lowest BCUT2D eigenvalue weighted by atomic mass is 10.0. The average Bonchev–Trinajstić information content (AvgIpc) is 2.57. The zero-order valence-electron chi connectivity index (χ0n) is 11.2. The lowest BCUT2D eigenvalue weighted by molar-refractivity contribution is 0.0424. The van der Waals surface area contributed by atoms with Crippen LogP contribution in [0.2, 0.25) is 0 Å². The van der Waals surface area contributed by atoms with Gasteiger partial charge in [-0.3, -0.25) is 9.69 Å². The molecule has 18 heavy (non-hydrogen) atoms. The van der Waals surface area contributed by atoms with Crippen molar-refractivity contribution in [2.24, 2.45) is 0 Å². The van der Waals surface area contributed by atoms with Crippen molar-refractivity contribution in [3.63, 3.8) is 0 Å². The van der Waals surface area contributed by atoms with E-state index in [4.69, 9.17) is 0 Å². The van der Waals surface area contributed by atoms with Gasteiger partial charge in [-0.1, -0.05) is 12.1 Å². The first kappa shape index (κ1) is 13.1. The van der Waals surface area contributed by atoms with Gasteiger partial charge >= 0.3 is 0 Å². The van der Waals surface area contributed by atoms with E-state index in [2.05, 4.69) is 10.2 Å². The second kappa shape index (κ2) is 4.71. The minimum atomic E-state index is -0.706. The molecule has 2 rings (SSSR count). The molecule has 1 aliphatic rings. The summed E-state index contributed by atoms with van der Waals surface area (Å²) in [6, 6.07) is 5.99. The van der Waals surface area contributed by atoms with Crippen molar-refractivity contribution >= 4 is 5.91 Å². The summed E-state index contributed by atoms with van der Waals surface area (Å²) in [6.07, 6.45) is 0. The van der Waals surface area contributed by atoms with Crippen LogP contribution in [0, 0.1) is 0 Å². The lowest BCUT2D eigenvalue weighted by Gasteiger charge is -2.25. The normalized spacial score (nSPS) is 14.8. The maximum absolute atomic E-state index is 11.6. The number of hydrogen-bond acceptors (Lipinski definition) is 3. The third kappa shape index (κ3) is 3.09. The molecule has 98 valence electrons. The first-order valence-electron chi connectivity index (χ1n) is 6.16. The van der Waals surface area contributed by atoms with Gasteiger partial charge in [0.15, 0.2) is 0 Å². The smallest absolute Gasteiger partial charge is 0.251 e. The first-order chi connectivity index (χ1) is 8.35. The quantitative estimate of drug-likeness (QED) is 0.840. The Labute approximate surface area is 108 Å². The largest absolute Gasteiger partial charge is 0.389 e. The number of nitrogens with zero attached hydrogens (tertiary/aromatic N) is 1. The molecule has 0 aliphatic carbocycles. The number of nitrogens with one attached hydrogen (secondary N) is 1. The second-order valence-corrected chi connectivity index (χ2v) is 5.66. The maximum atomic E-state index is 11.6. The van der Waals surface area contributed by atoms with Crippen LogP contribution in [0.3, 0.4) is 0 Å². The highest BCUT2D eigenvalue weighted by Gasteiger charge is 2.20. The number of aliphatic hydroxyl groups is 1. The fraction of sp³-hybridized carbons (Fsp3) is 0.500. The second-order valence-electron chi connectivity index (χ2n) is 5.66. The summed E-state index contributed by atoms with van der Waals surface area (Å²) in [7, 11) is 1.96. The Morgan fingerprint density at radius 3 is 2.83 bits per heavy atom. The molecule has 1 aliphatic heterocycles. The number of fused-ring (bicyclic) bond motifs is 1. The molecule has 1 aromatic carbocycles. The zero-order chi connectivity index (χ0) is 13.3. The SMILES string of the molecule is CN(Cc1ccc2c(c1)C(=O)NC2)CC(C)(C)O. The summed E-state index contributed by atoms with van der Waals surface area (Å²) in [5.41, 5.74) is 2.23. The predicted molar refractivity (Wildman–Crippen MR) is 70.2 cm³/mol. The van der Waals surface area contributed by atoms with Crippen molar-refractivity contribution in [3.05, 3.63) is 34.9 Å². The summed E-state index contributed by atoms with van der Waals surface area (Å²) in [4.78, 5) is 13.6.